The highest BCUT2D eigenvalue weighted by Gasteiger charge is 2.51. The van der Waals surface area contributed by atoms with Gasteiger partial charge in [0.05, 0.1) is 0 Å². The molecule has 1 fully saturated rings. The Balaban J connectivity index is 1.26. The van der Waals surface area contributed by atoms with Crippen LogP contribution in [0.15, 0.2) is 42.0 Å². The van der Waals surface area contributed by atoms with E-state index in [-0.39, 0.29) is 0 Å². The monoisotopic (exact) mass is 362 g/mol. The van der Waals surface area contributed by atoms with E-state index in [0.717, 1.165) is 62.5 Å². The minimum absolute atomic E-state index is 0.523. The molecule has 1 aromatic carbocycles. The van der Waals surface area contributed by atoms with Crippen LogP contribution in [0.1, 0.15) is 43.9 Å². The van der Waals surface area contributed by atoms with Gasteiger partial charge in [-0.05, 0) is 35.7 Å². The molecule has 2 bridgehead atoms. The summed E-state index contributed by atoms with van der Waals surface area (Å²) in [5.74, 6) is 4.00. The van der Waals surface area contributed by atoms with Gasteiger partial charge in [0, 0.05) is 39.0 Å². The molecule has 0 unspecified atom stereocenters. The fourth-order valence-corrected chi connectivity index (χ4v) is 5.41. The van der Waals surface area contributed by atoms with Crippen molar-refractivity contribution in [3.63, 3.8) is 0 Å². The maximum Gasteiger partial charge on any atom is 0.137 e. The Morgan fingerprint density at radius 3 is 2.70 bits per heavy atom. The molecule has 4 aliphatic rings. The quantitative estimate of drug-likeness (QED) is 0.778. The minimum atomic E-state index is 0.523. The zero-order valence-corrected chi connectivity index (χ0v) is 16.6. The summed E-state index contributed by atoms with van der Waals surface area (Å²) in [5.41, 5.74) is 3.53. The lowest BCUT2D eigenvalue weighted by molar-refractivity contribution is -0.0106. The Morgan fingerprint density at radius 1 is 1.07 bits per heavy atom. The highest BCUT2D eigenvalue weighted by Crippen LogP contribution is 2.59. The first kappa shape index (κ1) is 17.2. The average molecular weight is 363 g/mol. The van der Waals surface area contributed by atoms with Crippen molar-refractivity contribution in [1.29, 1.82) is 0 Å². The molecule has 4 nitrogen and oxygen atoms in total. The first-order valence-electron chi connectivity index (χ1n) is 10.5. The lowest BCUT2D eigenvalue weighted by Gasteiger charge is -2.57. The van der Waals surface area contributed by atoms with Gasteiger partial charge in [0.15, 0.2) is 0 Å². The second kappa shape index (κ2) is 6.59. The number of nitrogens with zero attached hydrogens (tertiary/aromatic N) is 4. The van der Waals surface area contributed by atoms with Crippen LogP contribution in [0.2, 0.25) is 0 Å². The molecule has 27 heavy (non-hydrogen) atoms. The van der Waals surface area contributed by atoms with Crippen molar-refractivity contribution in [3.8, 4) is 0 Å². The van der Waals surface area contributed by atoms with Crippen LogP contribution in [0, 0.1) is 17.3 Å². The van der Waals surface area contributed by atoms with Gasteiger partial charge in [-0.2, -0.15) is 0 Å². The normalized spacial score (nSPS) is 26.7. The molecule has 6 rings (SSSR count). The number of allylic oxidation sites excluding steroid dienone is 1. The summed E-state index contributed by atoms with van der Waals surface area (Å²) >= 11 is 0. The summed E-state index contributed by atoms with van der Waals surface area (Å²) in [7, 11) is 0. The summed E-state index contributed by atoms with van der Waals surface area (Å²) < 4.78 is 2.37. The lowest BCUT2D eigenvalue weighted by atomic mass is 9.49. The van der Waals surface area contributed by atoms with Crippen molar-refractivity contribution in [1.82, 2.24) is 19.7 Å². The van der Waals surface area contributed by atoms with E-state index in [1.807, 2.05) is 0 Å². The zero-order valence-electron chi connectivity index (χ0n) is 16.6. The van der Waals surface area contributed by atoms with Crippen LogP contribution in [-0.2, 0) is 19.4 Å². The SMILES string of the molecule is CC1(C)[C@H]2CC=C(CN3CCc4nnc(Cc5ccccc5)n4CC3)[C@@H]1C2. The van der Waals surface area contributed by atoms with Crippen molar-refractivity contribution < 1.29 is 0 Å². The molecule has 0 amide bonds. The molecule has 0 saturated heterocycles. The first-order valence-corrected chi connectivity index (χ1v) is 10.5. The standard InChI is InChI=1S/C23H30N4/c1-23(2)19-9-8-18(20(23)15-19)16-26-11-10-21-24-25-22(27(21)13-12-26)14-17-6-4-3-5-7-17/h3-8,19-20H,9-16H2,1-2H3/t19-,20-/m0/s1. The van der Waals surface area contributed by atoms with E-state index in [4.69, 9.17) is 0 Å². The topological polar surface area (TPSA) is 34.0 Å². The first-order chi connectivity index (χ1) is 13.1. The third-order valence-corrected chi connectivity index (χ3v) is 7.39. The van der Waals surface area contributed by atoms with E-state index in [9.17, 15) is 0 Å². The molecule has 1 aliphatic heterocycles. The van der Waals surface area contributed by atoms with Crippen molar-refractivity contribution in [2.45, 2.75) is 46.1 Å². The third kappa shape index (κ3) is 3.04. The highest BCUT2D eigenvalue weighted by atomic mass is 15.3. The van der Waals surface area contributed by atoms with Crippen LogP contribution in [0.5, 0.6) is 0 Å². The summed E-state index contributed by atoms with van der Waals surface area (Å²) in [6.07, 6.45) is 7.14. The molecule has 3 aliphatic carbocycles. The van der Waals surface area contributed by atoms with Gasteiger partial charge in [-0.1, -0.05) is 55.8 Å². The lowest BCUT2D eigenvalue weighted by Crippen LogP contribution is -2.50. The Kier molecular flexibility index (Phi) is 4.19. The molecule has 0 radical (unpaired) electrons. The summed E-state index contributed by atoms with van der Waals surface area (Å²) in [6.45, 7) is 9.29. The average Bonchev–Trinajstić information content (AvgIpc) is 2.94. The molecule has 0 N–H and O–H groups in total. The van der Waals surface area contributed by atoms with Gasteiger partial charge in [0.2, 0.25) is 0 Å². The van der Waals surface area contributed by atoms with Gasteiger partial charge in [0.25, 0.3) is 0 Å². The zero-order chi connectivity index (χ0) is 18.4. The van der Waals surface area contributed by atoms with E-state index in [0.29, 0.717) is 5.41 Å². The molecule has 142 valence electrons. The Bertz CT molecular complexity index is 849. The maximum atomic E-state index is 4.51. The van der Waals surface area contributed by atoms with E-state index >= 15 is 0 Å². The Morgan fingerprint density at radius 2 is 1.93 bits per heavy atom. The van der Waals surface area contributed by atoms with Crippen LogP contribution in [0.3, 0.4) is 0 Å². The predicted molar refractivity (Wildman–Crippen MR) is 107 cm³/mol. The van der Waals surface area contributed by atoms with Gasteiger partial charge in [0.1, 0.15) is 11.6 Å². The van der Waals surface area contributed by atoms with Gasteiger partial charge in [-0.15, -0.1) is 10.2 Å². The molecule has 2 atom stereocenters. The third-order valence-electron chi connectivity index (χ3n) is 7.39. The fourth-order valence-electron chi connectivity index (χ4n) is 5.41. The minimum Gasteiger partial charge on any atom is -0.313 e. The number of benzene rings is 1. The van der Waals surface area contributed by atoms with Crippen molar-refractivity contribution in [2.24, 2.45) is 17.3 Å². The fraction of sp³-hybridized carbons (Fsp3) is 0.565. The van der Waals surface area contributed by atoms with Gasteiger partial charge in [-0.3, -0.25) is 4.90 Å². The van der Waals surface area contributed by atoms with Gasteiger partial charge in [-0.25, -0.2) is 0 Å². The molecule has 2 aromatic rings. The van der Waals surface area contributed by atoms with E-state index in [1.54, 1.807) is 5.57 Å². The number of fused-ring (bicyclic) bond motifs is 2. The number of aromatic nitrogens is 3. The largest absolute Gasteiger partial charge is 0.313 e. The molecule has 1 aromatic heterocycles. The van der Waals surface area contributed by atoms with E-state index in [1.165, 1.54) is 18.4 Å². The van der Waals surface area contributed by atoms with Crippen LogP contribution >= 0.6 is 0 Å². The van der Waals surface area contributed by atoms with Crippen LogP contribution in [0.4, 0.5) is 0 Å². The predicted octanol–water partition coefficient (Wildman–Crippen LogP) is 3.72. The molecule has 0 spiro atoms. The summed E-state index contributed by atoms with van der Waals surface area (Å²) in [4.78, 5) is 2.64. The van der Waals surface area contributed by atoms with Crippen molar-refractivity contribution in [3.05, 3.63) is 59.2 Å². The van der Waals surface area contributed by atoms with E-state index < -0.39 is 0 Å². The molecular weight excluding hydrogens is 332 g/mol. The highest BCUT2D eigenvalue weighted by molar-refractivity contribution is 5.25. The molecule has 4 heteroatoms. The van der Waals surface area contributed by atoms with Crippen LogP contribution in [-0.4, -0.2) is 39.3 Å². The number of hydrogen-bond donors (Lipinski definition) is 0. The molecule has 1 saturated carbocycles. The van der Waals surface area contributed by atoms with Crippen molar-refractivity contribution in [2.75, 3.05) is 19.6 Å². The molecule has 2 heterocycles. The van der Waals surface area contributed by atoms with Crippen LogP contribution in [0.25, 0.3) is 0 Å². The van der Waals surface area contributed by atoms with Gasteiger partial charge >= 0.3 is 0 Å². The number of hydrogen-bond acceptors (Lipinski definition) is 3. The smallest absolute Gasteiger partial charge is 0.137 e. The Labute approximate surface area is 162 Å². The van der Waals surface area contributed by atoms with Gasteiger partial charge < -0.3 is 4.57 Å². The number of rotatable bonds is 4. The van der Waals surface area contributed by atoms with E-state index in [2.05, 4.69) is 69.9 Å². The maximum absolute atomic E-state index is 4.51. The second-order valence-electron chi connectivity index (χ2n) is 9.19. The Hall–Kier alpha value is -1.94. The summed E-state index contributed by atoms with van der Waals surface area (Å²) in [6, 6.07) is 10.6. The second-order valence-corrected chi connectivity index (χ2v) is 9.19. The van der Waals surface area contributed by atoms with Crippen molar-refractivity contribution >= 4 is 0 Å². The molecular formula is C23H30N4. The van der Waals surface area contributed by atoms with Crippen LogP contribution < -0.4 is 0 Å². The summed E-state index contributed by atoms with van der Waals surface area (Å²) in [5, 5.41) is 9.01.